The van der Waals surface area contributed by atoms with E-state index in [0.717, 1.165) is 11.3 Å². The van der Waals surface area contributed by atoms with Crippen molar-refractivity contribution in [3.8, 4) is 6.07 Å². The highest BCUT2D eigenvalue weighted by Gasteiger charge is 2.22. The molecule has 0 spiro atoms. The zero-order valence-electron chi connectivity index (χ0n) is 11.1. The average molecular weight is 305 g/mol. The van der Waals surface area contributed by atoms with E-state index in [0.29, 0.717) is 17.1 Å². The lowest BCUT2D eigenvalue weighted by Crippen LogP contribution is -2.08. The summed E-state index contributed by atoms with van der Waals surface area (Å²) >= 11 is 1.06. The molecule has 2 aromatic rings. The summed E-state index contributed by atoms with van der Waals surface area (Å²) in [6.45, 7) is 0.298. The van der Waals surface area contributed by atoms with E-state index in [1.807, 2.05) is 6.07 Å². The number of nitrogens with two attached hydrogens (primary N) is 1. The van der Waals surface area contributed by atoms with Gasteiger partial charge in [-0.2, -0.15) is 5.26 Å². The molecule has 0 aliphatic heterocycles. The normalized spacial score (nSPS) is 9.95. The summed E-state index contributed by atoms with van der Waals surface area (Å²) in [5.41, 5.74) is 6.70. The van der Waals surface area contributed by atoms with E-state index < -0.39 is 5.97 Å². The largest absolute Gasteiger partial charge is 0.465 e. The van der Waals surface area contributed by atoms with Gasteiger partial charge in [0, 0.05) is 6.54 Å². The number of halogens is 1. The van der Waals surface area contributed by atoms with Crippen LogP contribution in [0.15, 0.2) is 24.3 Å². The van der Waals surface area contributed by atoms with Crippen LogP contribution in [-0.4, -0.2) is 13.1 Å². The van der Waals surface area contributed by atoms with Gasteiger partial charge in [0.15, 0.2) is 0 Å². The molecule has 0 saturated heterocycles. The summed E-state index contributed by atoms with van der Waals surface area (Å²) in [6.07, 6.45) is 0. The number of carbonyl (C=O) groups is 1. The quantitative estimate of drug-likeness (QED) is 0.848. The van der Waals surface area contributed by atoms with Crippen molar-refractivity contribution in [3.05, 3.63) is 46.1 Å². The number of methoxy groups -OCH3 is 1. The van der Waals surface area contributed by atoms with E-state index in [-0.39, 0.29) is 21.9 Å². The van der Waals surface area contributed by atoms with Crippen LogP contribution in [0.1, 0.15) is 20.8 Å². The molecule has 1 heterocycles. The lowest BCUT2D eigenvalue weighted by molar-refractivity contribution is 0.0603. The summed E-state index contributed by atoms with van der Waals surface area (Å²) < 4.78 is 17.8. The molecular formula is C14H12FN3O2S. The molecule has 108 valence electrons. The molecule has 0 amide bonds. The average Bonchev–Trinajstić information content (AvgIpc) is 2.80. The number of nitriles is 1. The summed E-state index contributed by atoms with van der Waals surface area (Å²) in [5, 5.41) is 12.4. The van der Waals surface area contributed by atoms with Crippen LogP contribution >= 0.6 is 11.3 Å². The minimum absolute atomic E-state index is 0.0936. The van der Waals surface area contributed by atoms with Gasteiger partial charge < -0.3 is 15.8 Å². The Balaban J connectivity index is 2.27. The molecule has 7 heteroatoms. The summed E-state index contributed by atoms with van der Waals surface area (Å²) in [5.74, 6) is -0.960. The van der Waals surface area contributed by atoms with Gasteiger partial charge in [-0.05, 0) is 17.7 Å². The minimum Gasteiger partial charge on any atom is -0.465 e. The third-order valence-electron chi connectivity index (χ3n) is 2.78. The molecular weight excluding hydrogens is 293 g/mol. The van der Waals surface area contributed by atoms with Crippen LogP contribution in [0.4, 0.5) is 15.1 Å². The number of nitrogen functional groups attached to an aromatic ring is 1. The van der Waals surface area contributed by atoms with Crippen molar-refractivity contribution in [2.75, 3.05) is 18.2 Å². The first-order valence-corrected chi connectivity index (χ1v) is 6.77. The zero-order valence-corrected chi connectivity index (χ0v) is 12.0. The van der Waals surface area contributed by atoms with E-state index in [4.69, 9.17) is 11.0 Å². The number of ether oxygens (including phenoxy) is 1. The van der Waals surface area contributed by atoms with Crippen molar-refractivity contribution in [1.82, 2.24) is 0 Å². The van der Waals surface area contributed by atoms with E-state index in [1.54, 1.807) is 12.1 Å². The molecule has 0 unspecified atom stereocenters. The highest BCUT2D eigenvalue weighted by atomic mass is 32.1. The smallest absolute Gasteiger partial charge is 0.343 e. The van der Waals surface area contributed by atoms with Crippen molar-refractivity contribution in [3.63, 3.8) is 0 Å². The third kappa shape index (κ3) is 3.12. The van der Waals surface area contributed by atoms with Gasteiger partial charge >= 0.3 is 5.97 Å². The van der Waals surface area contributed by atoms with Gasteiger partial charge in [-0.3, -0.25) is 0 Å². The SMILES string of the molecule is COC(=O)c1c(NCc2cccc(F)c2)sc(C#N)c1N. The van der Waals surface area contributed by atoms with Crippen LogP contribution < -0.4 is 11.1 Å². The number of carbonyl (C=O) groups excluding carboxylic acids is 1. The van der Waals surface area contributed by atoms with Gasteiger partial charge in [-0.1, -0.05) is 12.1 Å². The number of nitrogens with zero attached hydrogens (tertiary/aromatic N) is 1. The van der Waals surface area contributed by atoms with E-state index in [1.165, 1.54) is 19.2 Å². The van der Waals surface area contributed by atoms with Gasteiger partial charge in [0.05, 0.1) is 12.8 Å². The molecule has 0 atom stereocenters. The van der Waals surface area contributed by atoms with Crippen molar-refractivity contribution < 1.29 is 13.9 Å². The second-order valence-corrected chi connectivity index (χ2v) is 5.16. The number of benzene rings is 1. The van der Waals surface area contributed by atoms with E-state index >= 15 is 0 Å². The Hall–Kier alpha value is -2.59. The number of hydrogen-bond acceptors (Lipinski definition) is 6. The maximum atomic E-state index is 13.1. The predicted octanol–water partition coefficient (Wildman–Crippen LogP) is 2.74. The predicted molar refractivity (Wildman–Crippen MR) is 78.5 cm³/mol. The Bertz CT molecular complexity index is 721. The van der Waals surface area contributed by atoms with E-state index in [9.17, 15) is 9.18 Å². The van der Waals surface area contributed by atoms with E-state index in [2.05, 4.69) is 10.1 Å². The van der Waals surface area contributed by atoms with Crippen LogP contribution in [0.3, 0.4) is 0 Å². The molecule has 0 bridgehead atoms. The molecule has 5 nitrogen and oxygen atoms in total. The van der Waals surface area contributed by atoms with Crippen molar-refractivity contribution in [2.24, 2.45) is 0 Å². The fourth-order valence-electron chi connectivity index (χ4n) is 1.79. The number of hydrogen-bond donors (Lipinski definition) is 2. The Morgan fingerprint density at radius 1 is 1.57 bits per heavy atom. The number of thiophene rings is 1. The van der Waals surface area contributed by atoms with Crippen molar-refractivity contribution in [1.29, 1.82) is 5.26 Å². The van der Waals surface area contributed by atoms with Crippen LogP contribution in [0.2, 0.25) is 0 Å². The Morgan fingerprint density at radius 3 is 2.95 bits per heavy atom. The lowest BCUT2D eigenvalue weighted by atomic mass is 10.2. The first kappa shape index (κ1) is 14.8. The topological polar surface area (TPSA) is 88.1 Å². The monoisotopic (exact) mass is 305 g/mol. The number of esters is 1. The Labute approximate surface area is 124 Å². The van der Waals surface area contributed by atoms with Gasteiger partial charge in [-0.15, -0.1) is 11.3 Å². The zero-order chi connectivity index (χ0) is 15.4. The molecule has 1 aromatic heterocycles. The van der Waals surface area contributed by atoms with Crippen molar-refractivity contribution >= 4 is 28.0 Å². The molecule has 0 fully saturated rings. The molecule has 1 aromatic carbocycles. The van der Waals surface area contributed by atoms with Gasteiger partial charge in [0.2, 0.25) is 0 Å². The fraction of sp³-hybridized carbons (Fsp3) is 0.143. The molecule has 3 N–H and O–H groups in total. The van der Waals surface area contributed by atoms with Crippen LogP contribution in [0.25, 0.3) is 0 Å². The molecule has 0 aliphatic carbocycles. The molecule has 0 radical (unpaired) electrons. The standard InChI is InChI=1S/C14H12FN3O2S/c1-20-14(19)11-12(17)10(6-16)21-13(11)18-7-8-3-2-4-9(15)5-8/h2-5,18H,7,17H2,1H3. The van der Waals surface area contributed by atoms with Gasteiger partial charge in [-0.25, -0.2) is 9.18 Å². The third-order valence-corrected chi connectivity index (χ3v) is 3.85. The summed E-state index contributed by atoms with van der Waals surface area (Å²) in [7, 11) is 1.24. The van der Waals surface area contributed by atoms with Gasteiger partial charge in [0.25, 0.3) is 0 Å². The number of anilines is 2. The Morgan fingerprint density at radius 2 is 2.33 bits per heavy atom. The fourth-order valence-corrected chi connectivity index (χ4v) is 2.69. The summed E-state index contributed by atoms with van der Waals surface area (Å²) in [4.78, 5) is 12.0. The Kier molecular flexibility index (Phi) is 4.40. The van der Waals surface area contributed by atoms with Crippen LogP contribution in [0.5, 0.6) is 0 Å². The van der Waals surface area contributed by atoms with Gasteiger partial charge in [0.1, 0.15) is 27.3 Å². The maximum absolute atomic E-state index is 13.1. The molecule has 0 aliphatic rings. The lowest BCUT2D eigenvalue weighted by Gasteiger charge is -2.07. The molecule has 0 saturated carbocycles. The first-order chi connectivity index (χ1) is 10.1. The maximum Gasteiger partial charge on any atom is 0.343 e. The second-order valence-electron chi connectivity index (χ2n) is 4.14. The number of nitrogens with one attached hydrogen (secondary N) is 1. The molecule has 2 rings (SSSR count). The van der Waals surface area contributed by atoms with Crippen LogP contribution in [0, 0.1) is 17.1 Å². The highest BCUT2D eigenvalue weighted by molar-refractivity contribution is 7.17. The number of rotatable bonds is 4. The van der Waals surface area contributed by atoms with Crippen LogP contribution in [-0.2, 0) is 11.3 Å². The second kappa shape index (κ2) is 6.24. The minimum atomic E-state index is -0.619. The first-order valence-electron chi connectivity index (χ1n) is 5.95. The highest BCUT2D eigenvalue weighted by Crippen LogP contribution is 2.35. The molecule has 21 heavy (non-hydrogen) atoms. The summed E-state index contributed by atoms with van der Waals surface area (Å²) in [6, 6.07) is 8.00. The van der Waals surface area contributed by atoms with Crippen molar-refractivity contribution in [2.45, 2.75) is 6.54 Å².